The molecule has 0 aliphatic carbocycles. The molecule has 0 spiro atoms. The fourth-order valence-corrected chi connectivity index (χ4v) is 5.52. The molecule has 0 amide bonds. The molecule has 0 aliphatic rings. The number of hydrogen-bond acceptors (Lipinski definition) is 6. The molecule has 0 bridgehead atoms. The highest BCUT2D eigenvalue weighted by Crippen LogP contribution is 2.42. The first kappa shape index (κ1) is 28.9. The third-order valence-electron chi connectivity index (χ3n) is 7.05. The number of rotatable bonds is 11. The lowest BCUT2D eigenvalue weighted by Crippen LogP contribution is -2.32. The van der Waals surface area contributed by atoms with Crippen molar-refractivity contribution in [2.45, 2.75) is 17.1 Å². The second-order valence-corrected chi connectivity index (χ2v) is 10.6. The van der Waals surface area contributed by atoms with Crippen molar-refractivity contribution in [1.82, 2.24) is 0 Å². The summed E-state index contributed by atoms with van der Waals surface area (Å²) in [5, 5.41) is -0.0728. The van der Waals surface area contributed by atoms with Crippen LogP contribution in [0.1, 0.15) is 43.0 Å². The molecule has 0 atom stereocenters. The second kappa shape index (κ2) is 13.3. The predicted octanol–water partition coefficient (Wildman–Crippen LogP) is 7.96. The second-order valence-electron chi connectivity index (χ2n) is 9.57. The quantitative estimate of drug-likeness (QED) is 0.0906. The molecule has 210 valence electrons. The van der Waals surface area contributed by atoms with Crippen LogP contribution in [0.15, 0.2) is 132 Å². The van der Waals surface area contributed by atoms with Gasteiger partial charge in [-0.25, -0.2) is 0 Å². The highest BCUT2D eigenvalue weighted by Gasteiger charge is 2.38. The summed E-state index contributed by atoms with van der Waals surface area (Å²) in [7, 11) is 3.30. The molecular formula is C36H30O5S. The van der Waals surface area contributed by atoms with E-state index in [0.29, 0.717) is 17.7 Å². The molecule has 0 saturated carbocycles. The van der Waals surface area contributed by atoms with E-state index >= 15 is 0 Å². The Labute approximate surface area is 250 Å². The fourth-order valence-electron chi connectivity index (χ4n) is 4.78. The smallest absolute Gasteiger partial charge is 0.224 e. The highest BCUT2D eigenvalue weighted by atomic mass is 32.2. The van der Waals surface area contributed by atoms with Gasteiger partial charge in [0.25, 0.3) is 0 Å². The van der Waals surface area contributed by atoms with E-state index in [1.54, 1.807) is 38.5 Å². The van der Waals surface area contributed by atoms with Gasteiger partial charge in [-0.1, -0.05) is 91.0 Å². The number of benzene rings is 5. The van der Waals surface area contributed by atoms with E-state index in [9.17, 15) is 9.59 Å². The lowest BCUT2D eigenvalue weighted by molar-refractivity contribution is 0.000187. The highest BCUT2D eigenvalue weighted by molar-refractivity contribution is 8.14. The maximum absolute atomic E-state index is 12.9. The van der Waals surface area contributed by atoms with Gasteiger partial charge >= 0.3 is 0 Å². The standard InChI is InChI=1S/C36H30O5S/c1-39-32-18-14-30(15-19-32)36(29-6-4-3-5-7-29,31-16-20-33(40-2)21-17-31)41-25-27-8-12-28(13-9-27)35(38)42-34-22-10-26(24-37)11-23-34/h3-24H,25H2,1-2H3. The first-order valence-corrected chi connectivity index (χ1v) is 14.2. The van der Waals surface area contributed by atoms with Crippen molar-refractivity contribution >= 4 is 23.2 Å². The van der Waals surface area contributed by atoms with E-state index in [4.69, 9.17) is 14.2 Å². The summed E-state index contributed by atoms with van der Waals surface area (Å²) in [5.74, 6) is 1.52. The molecule has 42 heavy (non-hydrogen) atoms. The number of methoxy groups -OCH3 is 2. The molecule has 0 fully saturated rings. The third-order valence-corrected chi connectivity index (χ3v) is 7.97. The summed E-state index contributed by atoms with van der Waals surface area (Å²) in [6, 6.07) is 40.4. The molecule has 0 radical (unpaired) electrons. The van der Waals surface area contributed by atoms with Gasteiger partial charge < -0.3 is 14.2 Å². The molecular weight excluding hydrogens is 544 g/mol. The Morgan fingerprint density at radius 1 is 0.667 bits per heavy atom. The lowest BCUT2D eigenvalue weighted by atomic mass is 9.80. The number of carbonyl (C=O) groups is 2. The van der Waals surface area contributed by atoms with Gasteiger partial charge in [-0.2, -0.15) is 0 Å². The lowest BCUT2D eigenvalue weighted by Gasteiger charge is -2.36. The van der Waals surface area contributed by atoms with Gasteiger partial charge in [0.2, 0.25) is 5.12 Å². The van der Waals surface area contributed by atoms with Crippen molar-refractivity contribution in [3.63, 3.8) is 0 Å². The maximum Gasteiger partial charge on any atom is 0.224 e. The number of thioether (sulfide) groups is 1. The summed E-state index contributed by atoms with van der Waals surface area (Å²) in [5.41, 5.74) is 4.03. The molecule has 0 N–H and O–H groups in total. The first-order chi connectivity index (χ1) is 20.5. The van der Waals surface area contributed by atoms with Crippen LogP contribution in [0, 0.1) is 0 Å². The van der Waals surface area contributed by atoms with E-state index in [1.807, 2.05) is 91.0 Å². The number of aldehydes is 1. The van der Waals surface area contributed by atoms with E-state index in [-0.39, 0.29) is 5.12 Å². The van der Waals surface area contributed by atoms with Crippen LogP contribution in [0.2, 0.25) is 0 Å². The summed E-state index contributed by atoms with van der Waals surface area (Å²) >= 11 is 1.13. The van der Waals surface area contributed by atoms with E-state index < -0.39 is 5.60 Å². The summed E-state index contributed by atoms with van der Waals surface area (Å²) in [4.78, 5) is 24.6. The summed E-state index contributed by atoms with van der Waals surface area (Å²) in [6.45, 7) is 0.293. The van der Waals surface area contributed by atoms with Crippen LogP contribution >= 0.6 is 11.8 Å². The molecule has 6 heteroatoms. The normalized spacial score (nSPS) is 11.1. The number of hydrogen-bond donors (Lipinski definition) is 0. The van der Waals surface area contributed by atoms with Gasteiger partial charge in [0.1, 0.15) is 23.4 Å². The average molecular weight is 575 g/mol. The van der Waals surface area contributed by atoms with Crippen molar-refractivity contribution < 1.29 is 23.8 Å². The van der Waals surface area contributed by atoms with Crippen LogP contribution in [0.3, 0.4) is 0 Å². The van der Waals surface area contributed by atoms with Crippen LogP contribution in [-0.4, -0.2) is 25.6 Å². The van der Waals surface area contributed by atoms with Gasteiger partial charge in [-0.3, -0.25) is 9.59 Å². The maximum atomic E-state index is 12.9. The summed E-state index contributed by atoms with van der Waals surface area (Å²) < 4.78 is 17.8. The zero-order chi connectivity index (χ0) is 29.4. The van der Waals surface area contributed by atoms with Crippen molar-refractivity contribution in [2.75, 3.05) is 14.2 Å². The fraction of sp³-hybridized carbons (Fsp3) is 0.111. The van der Waals surface area contributed by atoms with Crippen molar-refractivity contribution in [1.29, 1.82) is 0 Å². The SMILES string of the molecule is COc1ccc(C(OCc2ccc(C(=O)Sc3ccc(C=O)cc3)cc2)(c2ccccc2)c2ccc(OC)cc2)cc1. The minimum absolute atomic E-state index is 0.0728. The van der Waals surface area contributed by atoms with Gasteiger partial charge in [0, 0.05) is 16.0 Å². The van der Waals surface area contributed by atoms with Gasteiger partial charge in [0.15, 0.2) is 0 Å². The Morgan fingerprint density at radius 3 is 1.69 bits per heavy atom. The van der Waals surface area contributed by atoms with Crippen LogP contribution in [-0.2, 0) is 16.9 Å². The minimum atomic E-state index is -0.933. The molecule has 0 aromatic heterocycles. The molecule has 0 saturated heterocycles. The van der Waals surface area contributed by atoms with Crippen LogP contribution in [0.5, 0.6) is 11.5 Å². The number of ether oxygens (including phenoxy) is 3. The Morgan fingerprint density at radius 2 is 1.19 bits per heavy atom. The molecule has 0 heterocycles. The molecule has 0 aliphatic heterocycles. The van der Waals surface area contributed by atoms with Crippen LogP contribution in [0.25, 0.3) is 0 Å². The van der Waals surface area contributed by atoms with Gasteiger partial charge in [-0.15, -0.1) is 0 Å². The van der Waals surface area contributed by atoms with E-state index in [0.717, 1.165) is 56.7 Å². The van der Waals surface area contributed by atoms with E-state index in [1.165, 1.54) is 0 Å². The van der Waals surface area contributed by atoms with E-state index in [2.05, 4.69) is 12.1 Å². The van der Waals surface area contributed by atoms with Crippen molar-refractivity contribution in [3.05, 3.63) is 161 Å². The minimum Gasteiger partial charge on any atom is -0.497 e. The average Bonchev–Trinajstić information content (AvgIpc) is 3.06. The van der Waals surface area contributed by atoms with Crippen molar-refractivity contribution in [3.8, 4) is 11.5 Å². The Hall–Kier alpha value is -4.65. The van der Waals surface area contributed by atoms with Gasteiger partial charge in [0.05, 0.1) is 20.8 Å². The molecule has 5 rings (SSSR count). The van der Waals surface area contributed by atoms with Crippen LogP contribution < -0.4 is 9.47 Å². The predicted molar refractivity (Wildman–Crippen MR) is 166 cm³/mol. The molecule has 5 aromatic carbocycles. The zero-order valence-electron chi connectivity index (χ0n) is 23.4. The van der Waals surface area contributed by atoms with Crippen LogP contribution in [0.4, 0.5) is 0 Å². The largest absolute Gasteiger partial charge is 0.497 e. The third kappa shape index (κ3) is 6.30. The Balaban J connectivity index is 1.45. The Kier molecular flexibility index (Phi) is 9.17. The van der Waals surface area contributed by atoms with Gasteiger partial charge in [-0.05, 0) is 70.4 Å². The monoisotopic (exact) mass is 574 g/mol. The summed E-state index contributed by atoms with van der Waals surface area (Å²) in [6.07, 6.45) is 0.785. The zero-order valence-corrected chi connectivity index (χ0v) is 24.2. The molecule has 0 unspecified atom stereocenters. The molecule has 5 aromatic rings. The van der Waals surface area contributed by atoms with Crippen molar-refractivity contribution in [2.24, 2.45) is 0 Å². The Bertz CT molecular complexity index is 1570. The number of carbonyl (C=O) groups excluding carboxylic acids is 2. The topological polar surface area (TPSA) is 61.8 Å². The first-order valence-electron chi connectivity index (χ1n) is 13.4. The molecule has 5 nitrogen and oxygen atoms in total.